The third-order valence-electron chi connectivity index (χ3n) is 4.93. The molecule has 3 heteroatoms. The first-order valence-corrected chi connectivity index (χ1v) is 7.73. The van der Waals surface area contributed by atoms with E-state index >= 15 is 0 Å². The zero-order chi connectivity index (χ0) is 13.0. The van der Waals surface area contributed by atoms with Crippen molar-refractivity contribution in [1.82, 2.24) is 10.2 Å². The van der Waals surface area contributed by atoms with Crippen LogP contribution in [0.5, 0.6) is 0 Å². The van der Waals surface area contributed by atoms with Crippen molar-refractivity contribution >= 4 is 0 Å². The van der Waals surface area contributed by atoms with Crippen molar-refractivity contribution in [3.05, 3.63) is 0 Å². The summed E-state index contributed by atoms with van der Waals surface area (Å²) in [6.07, 6.45) is 6.21. The van der Waals surface area contributed by atoms with Gasteiger partial charge in [0.1, 0.15) is 0 Å². The number of rotatable bonds is 2. The normalized spacial score (nSPS) is 34.8. The van der Waals surface area contributed by atoms with Crippen LogP contribution >= 0.6 is 0 Å². The van der Waals surface area contributed by atoms with Crippen molar-refractivity contribution in [2.75, 3.05) is 26.3 Å². The molecule has 1 N–H and O–H groups in total. The summed E-state index contributed by atoms with van der Waals surface area (Å²) in [6.45, 7) is 11.4. The lowest BCUT2D eigenvalue weighted by molar-refractivity contribution is -0.0243. The van der Waals surface area contributed by atoms with Gasteiger partial charge in [-0.05, 0) is 46.0 Å². The molecule has 2 rings (SSSR count). The van der Waals surface area contributed by atoms with E-state index in [2.05, 4.69) is 31.0 Å². The van der Waals surface area contributed by atoms with Gasteiger partial charge in [0.25, 0.3) is 0 Å². The number of nitrogens with zero attached hydrogens (tertiary/aromatic N) is 1. The van der Waals surface area contributed by atoms with Gasteiger partial charge in [0.2, 0.25) is 0 Å². The Labute approximate surface area is 112 Å². The molecule has 18 heavy (non-hydrogen) atoms. The monoisotopic (exact) mass is 254 g/mol. The number of hydrogen-bond donors (Lipinski definition) is 1. The topological polar surface area (TPSA) is 24.5 Å². The van der Waals surface area contributed by atoms with Gasteiger partial charge >= 0.3 is 0 Å². The van der Waals surface area contributed by atoms with E-state index in [1.165, 1.54) is 45.2 Å². The van der Waals surface area contributed by atoms with Crippen LogP contribution in [0.2, 0.25) is 0 Å². The fourth-order valence-corrected chi connectivity index (χ4v) is 3.33. The second-order valence-electron chi connectivity index (χ2n) is 6.35. The SMILES string of the molecule is CCC1CCN(C2(C)CCOCC2)CCC(C)N1. The van der Waals surface area contributed by atoms with Crippen LogP contribution in [-0.4, -0.2) is 48.8 Å². The summed E-state index contributed by atoms with van der Waals surface area (Å²) in [5, 5.41) is 3.75. The highest BCUT2D eigenvalue weighted by Gasteiger charge is 2.34. The fourth-order valence-electron chi connectivity index (χ4n) is 3.33. The smallest absolute Gasteiger partial charge is 0.0483 e. The summed E-state index contributed by atoms with van der Waals surface area (Å²) in [4.78, 5) is 2.75. The van der Waals surface area contributed by atoms with Crippen LogP contribution in [0.15, 0.2) is 0 Å². The summed E-state index contributed by atoms with van der Waals surface area (Å²) in [6, 6.07) is 1.35. The van der Waals surface area contributed by atoms with Crippen molar-refractivity contribution in [3.63, 3.8) is 0 Å². The van der Waals surface area contributed by atoms with Gasteiger partial charge in [0, 0.05) is 43.9 Å². The second-order valence-corrected chi connectivity index (χ2v) is 6.35. The van der Waals surface area contributed by atoms with Gasteiger partial charge in [0.05, 0.1) is 0 Å². The van der Waals surface area contributed by atoms with Crippen molar-refractivity contribution in [2.24, 2.45) is 0 Å². The van der Waals surface area contributed by atoms with E-state index in [-0.39, 0.29) is 0 Å². The van der Waals surface area contributed by atoms with E-state index in [0.29, 0.717) is 17.6 Å². The second kappa shape index (κ2) is 6.36. The first-order chi connectivity index (χ1) is 8.64. The molecule has 0 aromatic carbocycles. The van der Waals surface area contributed by atoms with Gasteiger partial charge in [-0.15, -0.1) is 0 Å². The van der Waals surface area contributed by atoms with Crippen LogP contribution in [-0.2, 0) is 4.74 Å². The summed E-state index contributed by atoms with van der Waals surface area (Å²) < 4.78 is 5.54. The Morgan fingerprint density at radius 3 is 2.56 bits per heavy atom. The lowest BCUT2D eigenvalue weighted by Crippen LogP contribution is -2.54. The third kappa shape index (κ3) is 3.46. The first kappa shape index (κ1) is 14.3. The Hall–Kier alpha value is -0.120. The molecule has 0 aliphatic carbocycles. The van der Waals surface area contributed by atoms with Crippen LogP contribution in [0.1, 0.15) is 52.9 Å². The van der Waals surface area contributed by atoms with Crippen molar-refractivity contribution in [1.29, 1.82) is 0 Å². The lowest BCUT2D eigenvalue weighted by atomic mass is 9.88. The molecular weight excluding hydrogens is 224 g/mol. The molecule has 0 spiro atoms. The third-order valence-corrected chi connectivity index (χ3v) is 4.93. The Morgan fingerprint density at radius 2 is 1.89 bits per heavy atom. The van der Waals surface area contributed by atoms with E-state index in [9.17, 15) is 0 Å². The average Bonchev–Trinajstić information content (AvgIpc) is 2.34. The molecule has 2 saturated heterocycles. The van der Waals surface area contributed by atoms with Crippen LogP contribution in [0.4, 0.5) is 0 Å². The molecular formula is C15H30N2O. The predicted molar refractivity (Wildman–Crippen MR) is 75.9 cm³/mol. The Bertz CT molecular complexity index is 251. The summed E-state index contributed by atoms with van der Waals surface area (Å²) in [7, 11) is 0. The molecule has 2 unspecified atom stereocenters. The van der Waals surface area contributed by atoms with Gasteiger partial charge < -0.3 is 10.1 Å². The zero-order valence-electron chi connectivity index (χ0n) is 12.4. The van der Waals surface area contributed by atoms with E-state index < -0.39 is 0 Å². The van der Waals surface area contributed by atoms with Crippen LogP contribution in [0.3, 0.4) is 0 Å². The van der Waals surface area contributed by atoms with Gasteiger partial charge in [-0.25, -0.2) is 0 Å². The van der Waals surface area contributed by atoms with Gasteiger partial charge in [0.15, 0.2) is 0 Å². The first-order valence-electron chi connectivity index (χ1n) is 7.73. The summed E-state index contributed by atoms with van der Waals surface area (Å²) in [5.41, 5.74) is 0.383. The van der Waals surface area contributed by atoms with Crippen LogP contribution in [0.25, 0.3) is 0 Å². The summed E-state index contributed by atoms with van der Waals surface area (Å²) in [5.74, 6) is 0. The number of nitrogens with one attached hydrogen (secondary N) is 1. The number of ether oxygens (including phenoxy) is 1. The molecule has 2 heterocycles. The summed E-state index contributed by atoms with van der Waals surface area (Å²) >= 11 is 0. The quantitative estimate of drug-likeness (QED) is 0.819. The van der Waals surface area contributed by atoms with E-state index in [4.69, 9.17) is 4.74 Å². The minimum absolute atomic E-state index is 0.383. The van der Waals surface area contributed by atoms with Gasteiger partial charge in [-0.2, -0.15) is 0 Å². The molecule has 0 amide bonds. The maximum absolute atomic E-state index is 5.54. The molecule has 0 aromatic heterocycles. The van der Waals surface area contributed by atoms with E-state index in [0.717, 1.165) is 13.2 Å². The predicted octanol–water partition coefficient (Wildman–Crippen LogP) is 2.41. The molecule has 2 atom stereocenters. The fraction of sp³-hybridized carbons (Fsp3) is 1.00. The maximum atomic E-state index is 5.54. The highest BCUT2D eigenvalue weighted by atomic mass is 16.5. The average molecular weight is 254 g/mol. The molecule has 0 saturated carbocycles. The van der Waals surface area contributed by atoms with Crippen LogP contribution < -0.4 is 5.32 Å². The molecule has 0 bridgehead atoms. The molecule has 2 fully saturated rings. The van der Waals surface area contributed by atoms with E-state index in [1.807, 2.05) is 0 Å². The minimum Gasteiger partial charge on any atom is -0.381 e. The molecule has 0 radical (unpaired) electrons. The molecule has 106 valence electrons. The Balaban J connectivity index is 1.98. The molecule has 0 aromatic rings. The number of hydrogen-bond acceptors (Lipinski definition) is 3. The van der Waals surface area contributed by atoms with Crippen molar-refractivity contribution in [2.45, 2.75) is 70.5 Å². The van der Waals surface area contributed by atoms with Gasteiger partial charge in [-0.3, -0.25) is 4.90 Å². The van der Waals surface area contributed by atoms with Crippen LogP contribution in [0, 0.1) is 0 Å². The Kier molecular flexibility index (Phi) is 5.05. The molecule has 3 nitrogen and oxygen atoms in total. The highest BCUT2D eigenvalue weighted by molar-refractivity contribution is 4.90. The van der Waals surface area contributed by atoms with Crippen molar-refractivity contribution < 1.29 is 4.74 Å². The minimum atomic E-state index is 0.383. The van der Waals surface area contributed by atoms with Crippen molar-refractivity contribution in [3.8, 4) is 0 Å². The van der Waals surface area contributed by atoms with Gasteiger partial charge in [-0.1, -0.05) is 6.92 Å². The van der Waals surface area contributed by atoms with E-state index in [1.54, 1.807) is 0 Å². The molecule has 2 aliphatic rings. The lowest BCUT2D eigenvalue weighted by Gasteiger charge is -2.46. The maximum Gasteiger partial charge on any atom is 0.0483 e. The zero-order valence-corrected chi connectivity index (χ0v) is 12.4. The highest BCUT2D eigenvalue weighted by Crippen LogP contribution is 2.29. The molecule has 2 aliphatic heterocycles. The largest absolute Gasteiger partial charge is 0.381 e. The standard InChI is InChI=1S/C15H30N2O/c1-4-14-6-10-17(9-5-13(2)16-14)15(3)7-11-18-12-8-15/h13-14,16H,4-12H2,1-3H3. The Morgan fingerprint density at radius 1 is 1.22 bits per heavy atom.